The number of hydrogen-bond donors (Lipinski definition) is 0. The fourth-order valence-corrected chi connectivity index (χ4v) is 1.76. The van der Waals surface area contributed by atoms with Crippen LogP contribution in [0.25, 0.3) is 17.0 Å². The van der Waals surface area contributed by atoms with E-state index in [-0.39, 0.29) is 5.82 Å². The van der Waals surface area contributed by atoms with E-state index in [1.807, 2.05) is 25.3 Å². The lowest BCUT2D eigenvalue weighted by Gasteiger charge is -1.93. The van der Waals surface area contributed by atoms with Gasteiger partial charge < -0.3 is 0 Å². The van der Waals surface area contributed by atoms with Crippen molar-refractivity contribution >= 4 is 5.65 Å². The average Bonchev–Trinajstić information content (AvgIpc) is 2.75. The molecule has 1 aromatic carbocycles. The Kier molecular flexibility index (Phi) is 2.14. The molecule has 0 aliphatic heterocycles. The van der Waals surface area contributed by atoms with Crippen molar-refractivity contribution in [1.29, 1.82) is 0 Å². The molecule has 0 amide bonds. The van der Waals surface area contributed by atoms with Crippen molar-refractivity contribution in [3.8, 4) is 11.4 Å². The number of aromatic nitrogens is 3. The van der Waals surface area contributed by atoms with E-state index in [1.165, 1.54) is 12.1 Å². The first-order chi connectivity index (χ1) is 8.24. The molecule has 4 heteroatoms. The third-order valence-corrected chi connectivity index (χ3v) is 2.66. The Hall–Kier alpha value is -2.23. The fourth-order valence-electron chi connectivity index (χ4n) is 1.76. The van der Waals surface area contributed by atoms with Crippen LogP contribution in [-0.4, -0.2) is 14.6 Å². The van der Waals surface area contributed by atoms with Crippen LogP contribution in [0.4, 0.5) is 4.39 Å². The van der Waals surface area contributed by atoms with Crippen LogP contribution >= 0.6 is 0 Å². The third-order valence-electron chi connectivity index (χ3n) is 2.66. The summed E-state index contributed by atoms with van der Waals surface area (Å²) in [5, 5.41) is 4.36. The molecule has 0 saturated carbocycles. The lowest BCUT2D eigenvalue weighted by atomic mass is 10.2. The van der Waals surface area contributed by atoms with Crippen molar-refractivity contribution in [3.05, 3.63) is 54.0 Å². The van der Waals surface area contributed by atoms with E-state index in [2.05, 4.69) is 10.1 Å². The predicted molar refractivity (Wildman–Crippen MR) is 63.1 cm³/mol. The molecule has 84 valence electrons. The number of aryl methyl sites for hydroxylation is 1. The Balaban J connectivity index is 2.18. The van der Waals surface area contributed by atoms with Gasteiger partial charge in [-0.05, 0) is 42.8 Å². The number of halogens is 1. The molecule has 3 aromatic rings. The van der Waals surface area contributed by atoms with Crippen molar-refractivity contribution in [2.75, 3.05) is 0 Å². The number of benzene rings is 1. The predicted octanol–water partition coefficient (Wildman–Crippen LogP) is 2.84. The topological polar surface area (TPSA) is 30.2 Å². The van der Waals surface area contributed by atoms with Gasteiger partial charge in [0.25, 0.3) is 0 Å². The van der Waals surface area contributed by atoms with Crippen molar-refractivity contribution < 1.29 is 4.39 Å². The minimum absolute atomic E-state index is 0.256. The maximum Gasteiger partial charge on any atom is 0.182 e. The molecule has 0 saturated heterocycles. The van der Waals surface area contributed by atoms with Crippen molar-refractivity contribution in [2.24, 2.45) is 0 Å². The standard InChI is InChI=1S/C13H10FN3/c1-9-3-2-8-17-13(9)15-12(16-17)10-4-6-11(14)7-5-10/h2-8H,1H3. The molecule has 0 aliphatic rings. The molecule has 0 atom stereocenters. The second-order valence-electron chi connectivity index (χ2n) is 3.90. The third kappa shape index (κ3) is 1.67. The molecule has 3 rings (SSSR count). The zero-order chi connectivity index (χ0) is 11.8. The van der Waals surface area contributed by atoms with Gasteiger partial charge >= 0.3 is 0 Å². The molecule has 17 heavy (non-hydrogen) atoms. The van der Waals surface area contributed by atoms with Crippen LogP contribution in [0, 0.1) is 12.7 Å². The van der Waals surface area contributed by atoms with Crippen LogP contribution in [0.15, 0.2) is 42.6 Å². The number of nitrogens with zero attached hydrogens (tertiary/aromatic N) is 3. The summed E-state index contributed by atoms with van der Waals surface area (Å²) in [5.41, 5.74) is 2.70. The van der Waals surface area contributed by atoms with Gasteiger partial charge in [0, 0.05) is 11.8 Å². The summed E-state index contributed by atoms with van der Waals surface area (Å²) >= 11 is 0. The normalized spacial score (nSPS) is 10.9. The molecule has 0 aliphatic carbocycles. The van der Waals surface area contributed by atoms with Gasteiger partial charge in [-0.3, -0.25) is 0 Å². The maximum absolute atomic E-state index is 12.8. The lowest BCUT2D eigenvalue weighted by Crippen LogP contribution is -1.87. The van der Waals surface area contributed by atoms with Gasteiger partial charge in [0.05, 0.1) is 0 Å². The molecule has 0 fully saturated rings. The van der Waals surface area contributed by atoms with E-state index in [4.69, 9.17) is 0 Å². The molecule has 0 N–H and O–H groups in total. The number of fused-ring (bicyclic) bond motifs is 1. The fraction of sp³-hybridized carbons (Fsp3) is 0.0769. The van der Waals surface area contributed by atoms with Gasteiger partial charge in [0.1, 0.15) is 5.82 Å². The van der Waals surface area contributed by atoms with Crippen molar-refractivity contribution in [3.63, 3.8) is 0 Å². The molecule has 0 unspecified atom stereocenters. The lowest BCUT2D eigenvalue weighted by molar-refractivity contribution is 0.628. The Labute approximate surface area is 97.5 Å². The van der Waals surface area contributed by atoms with E-state index in [0.29, 0.717) is 5.82 Å². The summed E-state index contributed by atoms with van der Waals surface area (Å²) in [4.78, 5) is 4.44. The van der Waals surface area contributed by atoms with E-state index in [9.17, 15) is 4.39 Å². The highest BCUT2D eigenvalue weighted by Crippen LogP contribution is 2.17. The van der Waals surface area contributed by atoms with Crippen LogP contribution < -0.4 is 0 Å². The maximum atomic E-state index is 12.8. The summed E-state index contributed by atoms with van der Waals surface area (Å²) in [6.45, 7) is 1.98. The summed E-state index contributed by atoms with van der Waals surface area (Å²) in [6, 6.07) is 10.1. The van der Waals surface area contributed by atoms with Gasteiger partial charge in [-0.2, -0.15) is 0 Å². The molecule has 2 aromatic heterocycles. The van der Waals surface area contributed by atoms with E-state index in [0.717, 1.165) is 16.8 Å². The van der Waals surface area contributed by atoms with Crippen molar-refractivity contribution in [1.82, 2.24) is 14.6 Å². The smallest absolute Gasteiger partial charge is 0.182 e. The zero-order valence-electron chi connectivity index (χ0n) is 9.26. The molecule has 0 spiro atoms. The summed E-state index contributed by atoms with van der Waals surface area (Å²) in [6.07, 6.45) is 1.85. The van der Waals surface area contributed by atoms with Crippen LogP contribution in [0.5, 0.6) is 0 Å². The Bertz CT molecular complexity index is 671. The van der Waals surface area contributed by atoms with E-state index >= 15 is 0 Å². The van der Waals surface area contributed by atoms with Gasteiger partial charge in [-0.1, -0.05) is 6.07 Å². The highest BCUT2D eigenvalue weighted by molar-refractivity contribution is 5.59. The van der Waals surface area contributed by atoms with Gasteiger partial charge in [-0.25, -0.2) is 13.9 Å². The monoisotopic (exact) mass is 227 g/mol. The van der Waals surface area contributed by atoms with Crippen LogP contribution in [0.2, 0.25) is 0 Å². The number of rotatable bonds is 1. The minimum Gasteiger partial charge on any atom is -0.220 e. The summed E-state index contributed by atoms with van der Waals surface area (Å²) in [5.74, 6) is 0.355. The quantitative estimate of drug-likeness (QED) is 0.640. The largest absolute Gasteiger partial charge is 0.220 e. The number of hydrogen-bond acceptors (Lipinski definition) is 2. The number of pyridine rings is 1. The Morgan fingerprint density at radius 1 is 1.12 bits per heavy atom. The Morgan fingerprint density at radius 3 is 2.59 bits per heavy atom. The first-order valence-electron chi connectivity index (χ1n) is 5.32. The molecule has 3 nitrogen and oxygen atoms in total. The molecule has 2 heterocycles. The van der Waals surface area contributed by atoms with E-state index in [1.54, 1.807) is 16.6 Å². The summed E-state index contributed by atoms with van der Waals surface area (Å²) in [7, 11) is 0. The zero-order valence-corrected chi connectivity index (χ0v) is 9.26. The van der Waals surface area contributed by atoms with Crippen LogP contribution in [0.3, 0.4) is 0 Å². The second kappa shape index (κ2) is 3.66. The van der Waals surface area contributed by atoms with Gasteiger partial charge in [0.15, 0.2) is 11.5 Å². The van der Waals surface area contributed by atoms with Crippen LogP contribution in [0.1, 0.15) is 5.56 Å². The SMILES string of the molecule is Cc1cccn2nc(-c3ccc(F)cc3)nc12. The van der Waals surface area contributed by atoms with Crippen molar-refractivity contribution in [2.45, 2.75) is 6.92 Å². The Morgan fingerprint density at radius 2 is 1.88 bits per heavy atom. The molecule has 0 bridgehead atoms. The average molecular weight is 227 g/mol. The summed E-state index contributed by atoms with van der Waals surface area (Å²) < 4.78 is 14.6. The van der Waals surface area contributed by atoms with Gasteiger partial charge in [0.2, 0.25) is 0 Å². The van der Waals surface area contributed by atoms with Gasteiger partial charge in [-0.15, -0.1) is 5.10 Å². The molecular weight excluding hydrogens is 217 g/mol. The first kappa shape index (κ1) is 9.96. The minimum atomic E-state index is -0.256. The molecule has 0 radical (unpaired) electrons. The van der Waals surface area contributed by atoms with E-state index < -0.39 is 0 Å². The van der Waals surface area contributed by atoms with Crippen LogP contribution in [-0.2, 0) is 0 Å². The highest BCUT2D eigenvalue weighted by Gasteiger charge is 2.07. The first-order valence-corrected chi connectivity index (χ1v) is 5.32. The highest BCUT2D eigenvalue weighted by atomic mass is 19.1. The second-order valence-corrected chi connectivity index (χ2v) is 3.90. The molecular formula is C13H10FN3.